The van der Waals surface area contributed by atoms with E-state index in [2.05, 4.69) is 36.1 Å². The van der Waals surface area contributed by atoms with E-state index in [0.29, 0.717) is 35.5 Å². The standard InChI is InChI=1S/C24H24ClNO3/c1-15(16-7-3-2-4-8-16)12-26-13-20-22-19(11-21(25)23(20)28-14-26)17-9-5-6-10-18(17)24(27)29-22/h2-4,7-8,11,15H,5-6,9-10,12-14H2,1H3. The van der Waals surface area contributed by atoms with E-state index in [1.165, 1.54) is 5.56 Å². The molecule has 0 N–H and O–H groups in total. The third-order valence-electron chi connectivity index (χ3n) is 6.19. The SMILES string of the molecule is CC(CN1COc2c(Cl)cc3c4c(c(=O)oc3c2C1)CCCC4)c1ccccc1. The molecule has 0 fully saturated rings. The summed E-state index contributed by atoms with van der Waals surface area (Å²) in [4.78, 5) is 14.9. The molecule has 0 radical (unpaired) electrons. The lowest BCUT2D eigenvalue weighted by atomic mass is 9.89. The van der Waals surface area contributed by atoms with Crippen molar-refractivity contribution in [1.29, 1.82) is 0 Å². The average molecular weight is 410 g/mol. The highest BCUT2D eigenvalue weighted by molar-refractivity contribution is 6.33. The molecule has 2 aliphatic rings. The maximum atomic E-state index is 12.6. The topological polar surface area (TPSA) is 42.7 Å². The number of benzene rings is 2. The Morgan fingerprint density at radius 2 is 1.86 bits per heavy atom. The van der Waals surface area contributed by atoms with Crippen molar-refractivity contribution in [3.05, 3.63) is 74.1 Å². The van der Waals surface area contributed by atoms with Gasteiger partial charge in [-0.05, 0) is 48.8 Å². The first-order valence-corrected chi connectivity index (χ1v) is 10.7. The Kier molecular flexibility index (Phi) is 4.84. The molecule has 1 aliphatic carbocycles. The second kappa shape index (κ2) is 7.51. The van der Waals surface area contributed by atoms with Gasteiger partial charge in [0.2, 0.25) is 0 Å². The van der Waals surface area contributed by atoms with Crippen LogP contribution in [0.2, 0.25) is 5.02 Å². The molecule has 0 saturated heterocycles. The van der Waals surface area contributed by atoms with Crippen LogP contribution in [0.4, 0.5) is 0 Å². The number of fused-ring (bicyclic) bond motifs is 5. The Morgan fingerprint density at radius 3 is 2.66 bits per heavy atom. The van der Waals surface area contributed by atoms with Gasteiger partial charge in [-0.25, -0.2) is 4.79 Å². The summed E-state index contributed by atoms with van der Waals surface area (Å²) in [6, 6.07) is 12.4. The van der Waals surface area contributed by atoms with Gasteiger partial charge in [-0.15, -0.1) is 0 Å². The number of hydrogen-bond acceptors (Lipinski definition) is 4. The van der Waals surface area contributed by atoms with Crippen LogP contribution in [0.25, 0.3) is 11.0 Å². The number of hydrogen-bond donors (Lipinski definition) is 0. The van der Waals surface area contributed by atoms with Crippen LogP contribution in [-0.2, 0) is 19.4 Å². The summed E-state index contributed by atoms with van der Waals surface area (Å²) in [5.74, 6) is 1.02. The van der Waals surface area contributed by atoms with Crippen LogP contribution in [0.5, 0.6) is 5.75 Å². The second-order valence-corrected chi connectivity index (χ2v) is 8.60. The molecule has 0 saturated carbocycles. The van der Waals surface area contributed by atoms with Gasteiger partial charge in [0.1, 0.15) is 18.1 Å². The first kappa shape index (κ1) is 18.7. The predicted octanol–water partition coefficient (Wildman–Crippen LogP) is 5.28. The smallest absolute Gasteiger partial charge is 0.339 e. The molecule has 3 aromatic rings. The van der Waals surface area contributed by atoms with E-state index in [0.717, 1.165) is 54.3 Å². The molecule has 0 amide bonds. The number of nitrogens with zero attached hydrogens (tertiary/aromatic N) is 1. The van der Waals surface area contributed by atoms with Crippen molar-refractivity contribution in [1.82, 2.24) is 4.90 Å². The van der Waals surface area contributed by atoms with Crippen molar-refractivity contribution < 1.29 is 9.15 Å². The molecule has 1 aliphatic heterocycles. The van der Waals surface area contributed by atoms with Crippen molar-refractivity contribution in [2.45, 2.75) is 45.1 Å². The van der Waals surface area contributed by atoms with E-state index in [1.807, 2.05) is 12.1 Å². The van der Waals surface area contributed by atoms with Crippen molar-refractivity contribution in [3.63, 3.8) is 0 Å². The number of halogens is 1. The molecule has 150 valence electrons. The van der Waals surface area contributed by atoms with E-state index < -0.39 is 0 Å². The first-order valence-electron chi connectivity index (χ1n) is 10.3. The summed E-state index contributed by atoms with van der Waals surface area (Å²) >= 11 is 6.59. The highest BCUT2D eigenvalue weighted by Crippen LogP contribution is 2.41. The largest absolute Gasteiger partial charge is 0.476 e. The lowest BCUT2D eigenvalue weighted by Gasteiger charge is -2.32. The average Bonchev–Trinajstić information content (AvgIpc) is 2.75. The predicted molar refractivity (Wildman–Crippen MR) is 115 cm³/mol. The molecule has 5 heteroatoms. The maximum absolute atomic E-state index is 12.6. The number of ether oxygens (including phenoxy) is 1. The molecule has 2 aromatic carbocycles. The van der Waals surface area contributed by atoms with E-state index in [4.69, 9.17) is 20.8 Å². The summed E-state index contributed by atoms with van der Waals surface area (Å²) in [5, 5.41) is 1.58. The molecule has 0 bridgehead atoms. The Labute approximate surface area is 175 Å². The molecule has 1 aromatic heterocycles. The molecular weight excluding hydrogens is 386 g/mol. The van der Waals surface area contributed by atoms with E-state index >= 15 is 0 Å². The fourth-order valence-electron chi connectivity index (χ4n) is 4.71. The lowest BCUT2D eigenvalue weighted by Crippen LogP contribution is -2.35. The van der Waals surface area contributed by atoms with Crippen molar-refractivity contribution >= 4 is 22.6 Å². The summed E-state index contributed by atoms with van der Waals surface area (Å²) in [5.41, 5.74) is 4.57. The van der Waals surface area contributed by atoms with Crippen LogP contribution < -0.4 is 10.4 Å². The zero-order valence-corrected chi connectivity index (χ0v) is 17.3. The van der Waals surface area contributed by atoms with Crippen molar-refractivity contribution in [2.24, 2.45) is 0 Å². The Bertz CT molecular complexity index is 1120. The number of aryl methyl sites for hydroxylation is 1. The minimum Gasteiger partial charge on any atom is -0.476 e. The van der Waals surface area contributed by atoms with Gasteiger partial charge >= 0.3 is 5.63 Å². The third kappa shape index (κ3) is 3.34. The van der Waals surface area contributed by atoms with Gasteiger partial charge in [-0.2, -0.15) is 0 Å². The van der Waals surface area contributed by atoms with Gasteiger partial charge in [0.25, 0.3) is 0 Å². The van der Waals surface area contributed by atoms with E-state index in [-0.39, 0.29) is 5.63 Å². The third-order valence-corrected chi connectivity index (χ3v) is 6.47. The minimum absolute atomic E-state index is 0.202. The van der Waals surface area contributed by atoms with Crippen molar-refractivity contribution in [3.8, 4) is 5.75 Å². The van der Waals surface area contributed by atoms with Crippen LogP contribution in [0.3, 0.4) is 0 Å². The van der Waals surface area contributed by atoms with Gasteiger partial charge in [-0.3, -0.25) is 4.90 Å². The zero-order chi connectivity index (χ0) is 20.0. The molecule has 1 atom stereocenters. The summed E-state index contributed by atoms with van der Waals surface area (Å²) in [7, 11) is 0. The summed E-state index contributed by atoms with van der Waals surface area (Å²) in [6.07, 6.45) is 3.83. The highest BCUT2D eigenvalue weighted by Gasteiger charge is 2.28. The molecule has 29 heavy (non-hydrogen) atoms. The second-order valence-electron chi connectivity index (χ2n) is 8.19. The highest BCUT2D eigenvalue weighted by atomic mass is 35.5. The lowest BCUT2D eigenvalue weighted by molar-refractivity contribution is 0.0909. The fourth-order valence-corrected chi connectivity index (χ4v) is 4.98. The molecule has 0 spiro atoms. The monoisotopic (exact) mass is 409 g/mol. The Morgan fingerprint density at radius 1 is 1.10 bits per heavy atom. The van der Waals surface area contributed by atoms with Crippen LogP contribution in [0.15, 0.2) is 45.6 Å². The molecule has 4 nitrogen and oxygen atoms in total. The van der Waals surface area contributed by atoms with Crippen molar-refractivity contribution in [2.75, 3.05) is 13.3 Å². The van der Waals surface area contributed by atoms with E-state index in [1.54, 1.807) is 0 Å². The summed E-state index contributed by atoms with van der Waals surface area (Å²) in [6.45, 7) is 4.21. The van der Waals surface area contributed by atoms with E-state index in [9.17, 15) is 4.79 Å². The molecular formula is C24H24ClNO3. The van der Waals surface area contributed by atoms with Crippen LogP contribution in [-0.4, -0.2) is 18.2 Å². The van der Waals surface area contributed by atoms with Gasteiger partial charge in [0, 0.05) is 24.0 Å². The quantitative estimate of drug-likeness (QED) is 0.552. The van der Waals surface area contributed by atoms with Gasteiger partial charge in [-0.1, -0.05) is 48.9 Å². The van der Waals surface area contributed by atoms with Gasteiger partial charge in [0.05, 0.1) is 10.6 Å². The van der Waals surface area contributed by atoms with Gasteiger partial charge in [0.15, 0.2) is 0 Å². The Hall–Kier alpha value is -2.30. The van der Waals surface area contributed by atoms with Gasteiger partial charge < -0.3 is 9.15 Å². The maximum Gasteiger partial charge on any atom is 0.339 e. The minimum atomic E-state index is -0.202. The van der Waals surface area contributed by atoms with Crippen LogP contribution in [0.1, 0.15) is 47.9 Å². The summed E-state index contributed by atoms with van der Waals surface area (Å²) < 4.78 is 11.9. The zero-order valence-electron chi connectivity index (χ0n) is 16.5. The first-order chi connectivity index (χ1) is 14.1. The number of rotatable bonds is 3. The Balaban J connectivity index is 1.53. The van der Waals surface area contributed by atoms with Crippen LogP contribution >= 0.6 is 11.6 Å². The molecule has 1 unspecified atom stereocenters. The fraction of sp³-hybridized carbons (Fsp3) is 0.375. The van der Waals surface area contributed by atoms with Crippen LogP contribution in [0, 0.1) is 0 Å². The molecule has 5 rings (SSSR count). The normalized spacial score (nSPS) is 17.4. The molecule has 2 heterocycles.